The molecule has 0 saturated carbocycles. The predicted octanol–water partition coefficient (Wildman–Crippen LogP) is 4.78. The van der Waals surface area contributed by atoms with Crippen molar-refractivity contribution >= 4 is 23.7 Å². The molecule has 0 aliphatic carbocycles. The molecule has 0 aliphatic rings. The van der Waals surface area contributed by atoms with Crippen LogP contribution < -0.4 is 10.1 Å². The Morgan fingerprint density at radius 2 is 1.41 bits per heavy atom. The van der Waals surface area contributed by atoms with E-state index >= 15 is 0 Å². The number of hydrogen-bond donors (Lipinski definition) is 1. The van der Waals surface area contributed by atoms with E-state index in [9.17, 15) is 9.59 Å². The molecule has 0 heterocycles. The Bertz CT molecular complexity index is 930. The van der Waals surface area contributed by atoms with Crippen molar-refractivity contribution in [2.75, 3.05) is 0 Å². The average molecular weight is 410 g/mol. The first kappa shape index (κ1) is 20.4. The molecule has 3 aromatic rings. The van der Waals surface area contributed by atoms with Crippen molar-refractivity contribution in [3.63, 3.8) is 0 Å². The second-order valence-corrected chi connectivity index (χ2v) is 6.76. The second kappa shape index (κ2) is 10.3. The first-order valence-electron chi connectivity index (χ1n) is 9.08. The maximum absolute atomic E-state index is 12.7. The second-order valence-electron chi connectivity index (χ2n) is 6.32. The van der Waals surface area contributed by atoms with Crippen molar-refractivity contribution < 1.29 is 19.1 Å². The van der Waals surface area contributed by atoms with Crippen LogP contribution in [0, 0.1) is 0 Å². The fourth-order valence-electron chi connectivity index (χ4n) is 2.64. The van der Waals surface area contributed by atoms with E-state index in [1.807, 2.05) is 60.7 Å². The quantitative estimate of drug-likeness (QED) is 0.450. The van der Waals surface area contributed by atoms with Gasteiger partial charge in [-0.2, -0.15) is 0 Å². The van der Waals surface area contributed by atoms with E-state index in [1.165, 1.54) is 0 Å². The lowest BCUT2D eigenvalue weighted by Crippen LogP contribution is -2.44. The fraction of sp³-hybridized carbons (Fsp3) is 0.130. The minimum atomic E-state index is -0.906. The molecule has 148 valence electrons. The summed E-state index contributed by atoms with van der Waals surface area (Å²) in [5.74, 6) is -0.246. The van der Waals surface area contributed by atoms with Gasteiger partial charge in [0.2, 0.25) is 0 Å². The van der Waals surface area contributed by atoms with Crippen LogP contribution in [-0.4, -0.2) is 18.1 Å². The van der Waals surface area contributed by atoms with E-state index < -0.39 is 18.1 Å². The van der Waals surface area contributed by atoms with Gasteiger partial charge in [0.15, 0.2) is 0 Å². The third-order valence-corrected chi connectivity index (χ3v) is 4.36. The highest BCUT2D eigenvalue weighted by atomic mass is 35.5. The molecule has 1 amide bonds. The summed E-state index contributed by atoms with van der Waals surface area (Å²) in [7, 11) is 0. The molecular formula is C23H20ClNO4. The molecule has 1 unspecified atom stereocenters. The number of halogens is 1. The number of hydrogen-bond acceptors (Lipinski definition) is 4. The Hall–Kier alpha value is -3.31. The van der Waals surface area contributed by atoms with Gasteiger partial charge in [0.25, 0.3) is 0 Å². The van der Waals surface area contributed by atoms with Gasteiger partial charge < -0.3 is 14.8 Å². The van der Waals surface area contributed by atoms with Gasteiger partial charge in [-0.1, -0.05) is 72.3 Å². The molecule has 1 atom stereocenters. The first-order chi connectivity index (χ1) is 14.1. The normalized spacial score (nSPS) is 11.3. The minimum Gasteiger partial charge on any atom is -0.445 e. The van der Waals surface area contributed by atoms with Gasteiger partial charge in [-0.15, -0.1) is 0 Å². The molecule has 0 aromatic heterocycles. The van der Waals surface area contributed by atoms with Gasteiger partial charge in [0.1, 0.15) is 18.4 Å². The Kier molecular flexibility index (Phi) is 7.25. The van der Waals surface area contributed by atoms with Gasteiger partial charge in [-0.3, -0.25) is 0 Å². The highest BCUT2D eigenvalue weighted by Crippen LogP contribution is 2.17. The van der Waals surface area contributed by atoms with Crippen LogP contribution in [0.15, 0.2) is 84.9 Å². The maximum Gasteiger partial charge on any atom is 0.408 e. The molecule has 3 rings (SSSR count). The molecule has 0 fully saturated rings. The summed E-state index contributed by atoms with van der Waals surface area (Å²) in [5, 5.41) is 3.14. The van der Waals surface area contributed by atoms with Crippen LogP contribution in [-0.2, 0) is 22.6 Å². The standard InChI is InChI=1S/C23H20ClNO4/c24-19-11-13-20(14-12-19)29-22(26)21(15-17-7-3-1-4-8-17)25-23(27)28-16-18-9-5-2-6-10-18/h1-14,21H,15-16H2,(H,25,27). The summed E-state index contributed by atoms with van der Waals surface area (Å²) in [6, 6.07) is 24.2. The van der Waals surface area contributed by atoms with Crippen LogP contribution >= 0.6 is 11.6 Å². The molecule has 6 heteroatoms. The molecule has 3 aromatic carbocycles. The summed E-state index contributed by atoms with van der Waals surface area (Å²) >= 11 is 5.86. The van der Waals surface area contributed by atoms with Gasteiger partial charge in [0.05, 0.1) is 0 Å². The van der Waals surface area contributed by atoms with Crippen LogP contribution in [0.5, 0.6) is 5.75 Å². The SMILES string of the molecule is O=C(NC(Cc1ccccc1)C(=O)Oc1ccc(Cl)cc1)OCc1ccccc1. The van der Waals surface area contributed by atoms with E-state index in [4.69, 9.17) is 21.1 Å². The molecular weight excluding hydrogens is 390 g/mol. The number of carbonyl (C=O) groups is 2. The Morgan fingerprint density at radius 3 is 2.03 bits per heavy atom. The van der Waals surface area contributed by atoms with E-state index in [0.29, 0.717) is 10.8 Å². The highest BCUT2D eigenvalue weighted by molar-refractivity contribution is 6.30. The van der Waals surface area contributed by atoms with Crippen LogP contribution in [0.4, 0.5) is 4.79 Å². The zero-order valence-corrected chi connectivity index (χ0v) is 16.3. The number of benzene rings is 3. The van der Waals surface area contributed by atoms with Gasteiger partial charge >= 0.3 is 12.1 Å². The lowest BCUT2D eigenvalue weighted by molar-refractivity contribution is -0.136. The zero-order chi connectivity index (χ0) is 20.5. The van der Waals surface area contributed by atoms with Gasteiger partial charge in [-0.05, 0) is 35.4 Å². The van der Waals surface area contributed by atoms with Crippen molar-refractivity contribution in [1.29, 1.82) is 0 Å². The Balaban J connectivity index is 1.65. The van der Waals surface area contributed by atoms with Crippen molar-refractivity contribution in [3.8, 4) is 5.75 Å². The smallest absolute Gasteiger partial charge is 0.408 e. The molecule has 0 radical (unpaired) electrons. The first-order valence-corrected chi connectivity index (χ1v) is 9.46. The number of alkyl carbamates (subject to hydrolysis) is 1. The Morgan fingerprint density at radius 1 is 0.828 bits per heavy atom. The number of esters is 1. The summed E-state index contributed by atoms with van der Waals surface area (Å²) in [6.45, 7) is 0.108. The molecule has 1 N–H and O–H groups in total. The third kappa shape index (κ3) is 6.66. The van der Waals surface area contributed by atoms with Gasteiger partial charge in [0, 0.05) is 11.4 Å². The lowest BCUT2D eigenvalue weighted by Gasteiger charge is -2.18. The topological polar surface area (TPSA) is 64.6 Å². The number of nitrogens with one attached hydrogen (secondary N) is 1. The van der Waals surface area contributed by atoms with E-state index in [2.05, 4.69) is 5.32 Å². The average Bonchev–Trinajstić information content (AvgIpc) is 2.75. The van der Waals surface area contributed by atoms with Crippen LogP contribution in [0.3, 0.4) is 0 Å². The summed E-state index contributed by atoms with van der Waals surface area (Å²) < 4.78 is 10.6. The number of rotatable bonds is 7. The number of ether oxygens (including phenoxy) is 2. The summed E-state index contributed by atoms with van der Waals surface area (Å²) in [4.78, 5) is 24.9. The molecule has 0 aliphatic heterocycles. The lowest BCUT2D eigenvalue weighted by atomic mass is 10.1. The van der Waals surface area contributed by atoms with Crippen molar-refractivity contribution in [2.45, 2.75) is 19.1 Å². The molecule has 29 heavy (non-hydrogen) atoms. The minimum absolute atomic E-state index is 0.108. The van der Waals surface area contributed by atoms with Crippen molar-refractivity contribution in [1.82, 2.24) is 5.32 Å². The van der Waals surface area contributed by atoms with E-state index in [1.54, 1.807) is 24.3 Å². The fourth-order valence-corrected chi connectivity index (χ4v) is 2.77. The Labute approximate surface area is 174 Å². The maximum atomic E-state index is 12.7. The predicted molar refractivity (Wildman–Crippen MR) is 111 cm³/mol. The summed E-state index contributed by atoms with van der Waals surface area (Å²) in [5.41, 5.74) is 1.74. The van der Waals surface area contributed by atoms with Crippen LogP contribution in [0.1, 0.15) is 11.1 Å². The van der Waals surface area contributed by atoms with E-state index in [0.717, 1.165) is 11.1 Å². The molecule has 0 bridgehead atoms. The number of amides is 1. The molecule has 0 spiro atoms. The number of carbonyl (C=O) groups excluding carboxylic acids is 2. The third-order valence-electron chi connectivity index (χ3n) is 4.10. The van der Waals surface area contributed by atoms with Crippen molar-refractivity contribution in [2.24, 2.45) is 0 Å². The van der Waals surface area contributed by atoms with Crippen LogP contribution in [0.25, 0.3) is 0 Å². The van der Waals surface area contributed by atoms with Gasteiger partial charge in [-0.25, -0.2) is 9.59 Å². The molecule has 0 saturated heterocycles. The molecule has 5 nitrogen and oxygen atoms in total. The van der Waals surface area contributed by atoms with Crippen LogP contribution in [0.2, 0.25) is 5.02 Å². The largest absolute Gasteiger partial charge is 0.445 e. The van der Waals surface area contributed by atoms with Crippen molar-refractivity contribution in [3.05, 3.63) is 101 Å². The zero-order valence-electron chi connectivity index (χ0n) is 15.6. The van der Waals surface area contributed by atoms with E-state index in [-0.39, 0.29) is 13.0 Å². The summed E-state index contributed by atoms with van der Waals surface area (Å²) in [6.07, 6.45) is -0.420. The monoisotopic (exact) mass is 409 g/mol. The highest BCUT2D eigenvalue weighted by Gasteiger charge is 2.24.